The maximum Gasteiger partial charge on any atom is 0.303 e. The van der Waals surface area contributed by atoms with E-state index in [0.717, 1.165) is 0 Å². The summed E-state index contributed by atoms with van der Waals surface area (Å²) in [5.74, 6) is -1.01. The largest absolute Gasteiger partial charge is 0.458 e. The highest BCUT2D eigenvalue weighted by Gasteiger charge is 2.31. The summed E-state index contributed by atoms with van der Waals surface area (Å²) < 4.78 is 15.8. The SMILES string of the molecule is CC(=O)O[C@H]1COC(C)(C)OC[C@@H]1N. The molecule has 5 heteroatoms. The highest BCUT2D eigenvalue weighted by Crippen LogP contribution is 2.17. The van der Waals surface area contributed by atoms with Crippen molar-refractivity contribution < 1.29 is 19.0 Å². The average Bonchev–Trinajstić information content (AvgIpc) is 2.17. The van der Waals surface area contributed by atoms with Gasteiger partial charge >= 0.3 is 5.97 Å². The summed E-state index contributed by atoms with van der Waals surface area (Å²) in [5, 5.41) is 0. The Morgan fingerprint density at radius 2 is 2.00 bits per heavy atom. The molecule has 2 atom stereocenters. The number of hydrogen-bond acceptors (Lipinski definition) is 5. The number of esters is 1. The summed E-state index contributed by atoms with van der Waals surface area (Å²) in [7, 11) is 0. The second-order valence-corrected chi connectivity index (χ2v) is 3.83. The van der Waals surface area contributed by atoms with E-state index in [9.17, 15) is 4.79 Å². The molecule has 1 rings (SSSR count). The fourth-order valence-corrected chi connectivity index (χ4v) is 1.19. The van der Waals surface area contributed by atoms with Crippen LogP contribution in [0.2, 0.25) is 0 Å². The molecule has 0 radical (unpaired) electrons. The van der Waals surface area contributed by atoms with E-state index >= 15 is 0 Å². The van der Waals surface area contributed by atoms with Gasteiger partial charge in [0.15, 0.2) is 5.79 Å². The third kappa shape index (κ3) is 3.25. The molecule has 0 aromatic heterocycles. The Morgan fingerprint density at radius 3 is 2.57 bits per heavy atom. The van der Waals surface area contributed by atoms with Crippen LogP contribution >= 0.6 is 0 Å². The molecule has 0 spiro atoms. The lowest BCUT2D eigenvalue weighted by atomic mass is 10.2. The molecular weight excluding hydrogens is 186 g/mol. The molecule has 0 aromatic carbocycles. The van der Waals surface area contributed by atoms with Gasteiger partial charge in [0.1, 0.15) is 6.10 Å². The van der Waals surface area contributed by atoms with E-state index in [1.54, 1.807) is 13.8 Å². The summed E-state index contributed by atoms with van der Waals surface area (Å²) in [6.45, 7) is 5.55. The van der Waals surface area contributed by atoms with Gasteiger partial charge in [-0.05, 0) is 13.8 Å². The summed E-state index contributed by atoms with van der Waals surface area (Å²) in [5.41, 5.74) is 5.77. The van der Waals surface area contributed by atoms with Gasteiger partial charge in [-0.15, -0.1) is 0 Å². The first-order valence-electron chi connectivity index (χ1n) is 4.61. The first-order chi connectivity index (χ1) is 6.41. The Labute approximate surface area is 83.5 Å². The van der Waals surface area contributed by atoms with Gasteiger partial charge < -0.3 is 19.9 Å². The highest BCUT2D eigenvalue weighted by molar-refractivity contribution is 5.66. The van der Waals surface area contributed by atoms with Gasteiger partial charge in [0.25, 0.3) is 0 Å². The monoisotopic (exact) mass is 203 g/mol. The lowest BCUT2D eigenvalue weighted by molar-refractivity contribution is -0.205. The van der Waals surface area contributed by atoms with Crippen molar-refractivity contribution in [1.82, 2.24) is 0 Å². The maximum absolute atomic E-state index is 10.8. The Kier molecular flexibility index (Phi) is 3.47. The molecule has 1 heterocycles. The fraction of sp³-hybridized carbons (Fsp3) is 0.889. The molecule has 82 valence electrons. The van der Waals surface area contributed by atoms with Crippen LogP contribution in [0.4, 0.5) is 0 Å². The molecule has 0 bridgehead atoms. The van der Waals surface area contributed by atoms with Gasteiger partial charge in [-0.25, -0.2) is 0 Å². The molecule has 1 aliphatic rings. The van der Waals surface area contributed by atoms with Crippen LogP contribution in [-0.4, -0.2) is 37.1 Å². The molecule has 1 aliphatic heterocycles. The van der Waals surface area contributed by atoms with Crippen molar-refractivity contribution in [3.63, 3.8) is 0 Å². The van der Waals surface area contributed by atoms with Gasteiger partial charge in [0.05, 0.1) is 19.3 Å². The van der Waals surface area contributed by atoms with E-state index in [2.05, 4.69) is 0 Å². The van der Waals surface area contributed by atoms with E-state index in [1.165, 1.54) is 6.92 Å². The number of carbonyl (C=O) groups excluding carboxylic acids is 1. The van der Waals surface area contributed by atoms with E-state index < -0.39 is 11.9 Å². The lowest BCUT2D eigenvalue weighted by Crippen LogP contribution is -2.42. The van der Waals surface area contributed by atoms with Crippen LogP contribution in [0.25, 0.3) is 0 Å². The predicted molar refractivity (Wildman–Crippen MR) is 49.5 cm³/mol. The molecule has 0 unspecified atom stereocenters. The summed E-state index contributed by atoms with van der Waals surface area (Å²) in [6, 6.07) is -0.333. The van der Waals surface area contributed by atoms with Gasteiger partial charge in [-0.3, -0.25) is 4.79 Å². The molecule has 0 aliphatic carbocycles. The minimum atomic E-state index is -0.660. The molecule has 0 saturated carbocycles. The molecule has 14 heavy (non-hydrogen) atoms. The van der Waals surface area contributed by atoms with Crippen LogP contribution in [-0.2, 0) is 19.0 Å². The fourth-order valence-electron chi connectivity index (χ4n) is 1.19. The van der Waals surface area contributed by atoms with Crippen molar-refractivity contribution in [3.8, 4) is 0 Å². The van der Waals surface area contributed by atoms with Gasteiger partial charge in [-0.1, -0.05) is 0 Å². The van der Waals surface area contributed by atoms with E-state index in [1.807, 2.05) is 0 Å². The number of rotatable bonds is 1. The molecule has 0 amide bonds. The zero-order chi connectivity index (χ0) is 10.8. The molecule has 1 saturated heterocycles. The second-order valence-electron chi connectivity index (χ2n) is 3.83. The molecular formula is C9H17NO4. The lowest BCUT2D eigenvalue weighted by Gasteiger charge is -2.22. The van der Waals surface area contributed by atoms with Crippen molar-refractivity contribution in [2.75, 3.05) is 13.2 Å². The van der Waals surface area contributed by atoms with E-state index in [-0.39, 0.29) is 18.6 Å². The van der Waals surface area contributed by atoms with Gasteiger partial charge in [-0.2, -0.15) is 0 Å². The smallest absolute Gasteiger partial charge is 0.303 e. The van der Waals surface area contributed by atoms with Gasteiger partial charge in [0, 0.05) is 6.92 Å². The van der Waals surface area contributed by atoms with Crippen LogP contribution in [0.3, 0.4) is 0 Å². The van der Waals surface area contributed by atoms with Crippen molar-refractivity contribution >= 4 is 5.97 Å². The van der Waals surface area contributed by atoms with Crippen LogP contribution in [0.5, 0.6) is 0 Å². The van der Waals surface area contributed by atoms with Gasteiger partial charge in [0.2, 0.25) is 0 Å². The Hall–Kier alpha value is -0.650. The standard InChI is InChI=1S/C9H17NO4/c1-6(11)14-8-5-13-9(2,3)12-4-7(8)10/h7-8H,4-5,10H2,1-3H3/t7-,8-/m0/s1. The predicted octanol–water partition coefficient (Wildman–Crippen LogP) is 0.0283. The number of nitrogens with two attached hydrogens (primary N) is 1. The van der Waals surface area contributed by atoms with Crippen LogP contribution in [0.15, 0.2) is 0 Å². The Bertz CT molecular complexity index is 217. The molecule has 2 N–H and O–H groups in total. The van der Waals surface area contributed by atoms with E-state index in [0.29, 0.717) is 6.61 Å². The first-order valence-corrected chi connectivity index (χ1v) is 4.61. The normalized spacial score (nSPS) is 32.0. The van der Waals surface area contributed by atoms with Crippen molar-refractivity contribution in [2.24, 2.45) is 5.73 Å². The average molecular weight is 203 g/mol. The zero-order valence-corrected chi connectivity index (χ0v) is 8.78. The number of hydrogen-bond donors (Lipinski definition) is 1. The maximum atomic E-state index is 10.8. The quantitative estimate of drug-likeness (QED) is 0.609. The number of carbonyl (C=O) groups is 1. The zero-order valence-electron chi connectivity index (χ0n) is 8.78. The summed E-state index contributed by atoms with van der Waals surface area (Å²) in [6.07, 6.45) is -0.422. The Morgan fingerprint density at radius 1 is 1.43 bits per heavy atom. The minimum absolute atomic E-state index is 0.272. The Balaban J connectivity index is 2.56. The summed E-state index contributed by atoms with van der Waals surface area (Å²) >= 11 is 0. The first kappa shape index (κ1) is 11.4. The van der Waals surface area contributed by atoms with Crippen molar-refractivity contribution in [2.45, 2.75) is 38.7 Å². The van der Waals surface area contributed by atoms with Crippen molar-refractivity contribution in [1.29, 1.82) is 0 Å². The topological polar surface area (TPSA) is 70.8 Å². The van der Waals surface area contributed by atoms with Crippen molar-refractivity contribution in [3.05, 3.63) is 0 Å². The van der Waals surface area contributed by atoms with Crippen LogP contribution < -0.4 is 5.73 Å². The summed E-state index contributed by atoms with van der Waals surface area (Å²) in [4.78, 5) is 10.8. The van der Waals surface area contributed by atoms with Crippen LogP contribution in [0.1, 0.15) is 20.8 Å². The third-order valence-corrected chi connectivity index (χ3v) is 2.01. The van der Waals surface area contributed by atoms with E-state index in [4.69, 9.17) is 19.9 Å². The van der Waals surface area contributed by atoms with Crippen LogP contribution in [0, 0.1) is 0 Å². The molecule has 5 nitrogen and oxygen atoms in total. The minimum Gasteiger partial charge on any atom is -0.458 e. The molecule has 1 fully saturated rings. The third-order valence-electron chi connectivity index (χ3n) is 2.01. The second kappa shape index (κ2) is 4.25. The number of ether oxygens (including phenoxy) is 3. The highest BCUT2D eigenvalue weighted by atomic mass is 16.7. The molecule has 0 aromatic rings.